The lowest BCUT2D eigenvalue weighted by molar-refractivity contribution is -0.384. The number of nitro benzene ring substituents is 1. The molecule has 1 unspecified atom stereocenters. The minimum atomic E-state index is -0.689. The number of hydrogen-bond donors (Lipinski definition) is 1. The SMILES string of the molecule is O=C(Nc1ccc(Cl)c([N+](=O)[O-])c1)C(Sc1nnc(C2CCCCC2)o1)c1ccccc1. The van der Waals surface area contributed by atoms with E-state index >= 15 is 0 Å². The Labute approximate surface area is 193 Å². The zero-order valence-electron chi connectivity index (χ0n) is 17.1. The third-order valence-corrected chi connectivity index (χ3v) is 6.75. The highest BCUT2D eigenvalue weighted by molar-refractivity contribution is 8.00. The van der Waals surface area contributed by atoms with Gasteiger partial charge in [0.15, 0.2) is 0 Å². The number of rotatable bonds is 7. The molecule has 10 heteroatoms. The molecule has 0 spiro atoms. The summed E-state index contributed by atoms with van der Waals surface area (Å²) in [4.78, 5) is 23.7. The number of anilines is 1. The molecule has 1 fully saturated rings. The van der Waals surface area contributed by atoms with Crippen molar-refractivity contribution in [3.05, 3.63) is 75.1 Å². The van der Waals surface area contributed by atoms with E-state index in [1.807, 2.05) is 30.3 Å². The summed E-state index contributed by atoms with van der Waals surface area (Å²) in [6.45, 7) is 0. The molecule has 3 aromatic rings. The average Bonchev–Trinajstić information content (AvgIpc) is 3.28. The number of hydrogen-bond acceptors (Lipinski definition) is 7. The number of amides is 1. The third kappa shape index (κ3) is 5.28. The highest BCUT2D eigenvalue weighted by Gasteiger charge is 2.27. The summed E-state index contributed by atoms with van der Waals surface area (Å²) in [5.41, 5.74) is 0.749. The van der Waals surface area contributed by atoms with Crippen molar-refractivity contribution in [2.75, 3.05) is 5.32 Å². The topological polar surface area (TPSA) is 111 Å². The first kappa shape index (κ1) is 22.3. The second kappa shape index (κ2) is 10.1. The van der Waals surface area contributed by atoms with Gasteiger partial charge in [0.25, 0.3) is 10.9 Å². The zero-order valence-corrected chi connectivity index (χ0v) is 18.6. The first-order chi connectivity index (χ1) is 15.5. The van der Waals surface area contributed by atoms with Crippen molar-refractivity contribution in [1.82, 2.24) is 10.2 Å². The Hall–Kier alpha value is -2.91. The normalized spacial score (nSPS) is 15.3. The molecule has 1 aliphatic carbocycles. The van der Waals surface area contributed by atoms with E-state index in [-0.39, 0.29) is 28.2 Å². The summed E-state index contributed by atoms with van der Waals surface area (Å²) in [5.74, 6) is 0.521. The average molecular weight is 473 g/mol. The van der Waals surface area contributed by atoms with Crippen LogP contribution in [0.4, 0.5) is 11.4 Å². The summed E-state index contributed by atoms with van der Waals surface area (Å²) in [6, 6.07) is 13.3. The van der Waals surface area contributed by atoms with Crippen molar-refractivity contribution in [2.45, 2.75) is 48.5 Å². The van der Waals surface area contributed by atoms with Crippen molar-refractivity contribution in [2.24, 2.45) is 0 Å². The Morgan fingerprint density at radius 2 is 1.91 bits per heavy atom. The molecule has 1 N–H and O–H groups in total. The largest absolute Gasteiger partial charge is 0.416 e. The maximum atomic E-state index is 13.2. The highest BCUT2D eigenvalue weighted by Crippen LogP contribution is 2.38. The number of nitro groups is 1. The van der Waals surface area contributed by atoms with Gasteiger partial charge in [0.05, 0.1) is 4.92 Å². The number of halogens is 1. The van der Waals surface area contributed by atoms with Crippen LogP contribution in [-0.2, 0) is 4.79 Å². The number of carbonyl (C=O) groups is 1. The van der Waals surface area contributed by atoms with Gasteiger partial charge >= 0.3 is 0 Å². The van der Waals surface area contributed by atoms with Gasteiger partial charge in [-0.05, 0) is 42.3 Å². The van der Waals surface area contributed by atoms with Crippen molar-refractivity contribution in [3.8, 4) is 0 Å². The molecule has 2 aromatic carbocycles. The van der Waals surface area contributed by atoms with E-state index in [1.165, 1.54) is 24.6 Å². The van der Waals surface area contributed by atoms with E-state index in [1.54, 1.807) is 0 Å². The molecule has 1 amide bonds. The van der Waals surface area contributed by atoms with Crippen LogP contribution in [0, 0.1) is 10.1 Å². The molecule has 0 bridgehead atoms. The number of thioether (sulfide) groups is 1. The molecule has 0 saturated heterocycles. The standard InChI is InChI=1S/C22H21ClN4O4S/c23-17-12-11-16(13-18(17)27(29)30)24-20(28)19(14-7-3-1-4-8-14)32-22-26-25-21(31-22)15-9-5-2-6-10-15/h1,3-4,7-8,11-13,15,19H,2,5-6,9-10H2,(H,24,28). The van der Waals surface area contributed by atoms with Gasteiger partial charge in [0.1, 0.15) is 10.3 Å². The summed E-state index contributed by atoms with van der Waals surface area (Å²) >= 11 is 7.03. The van der Waals surface area contributed by atoms with E-state index in [4.69, 9.17) is 16.0 Å². The lowest BCUT2D eigenvalue weighted by Gasteiger charge is -2.17. The van der Waals surface area contributed by atoms with Gasteiger partial charge in [-0.1, -0.05) is 61.2 Å². The van der Waals surface area contributed by atoms with Crippen molar-refractivity contribution < 1.29 is 14.1 Å². The molecule has 1 atom stereocenters. The number of nitrogens with one attached hydrogen (secondary N) is 1. The van der Waals surface area contributed by atoms with Crippen LogP contribution in [-0.4, -0.2) is 21.0 Å². The Morgan fingerprint density at radius 1 is 1.16 bits per heavy atom. The first-order valence-electron chi connectivity index (χ1n) is 10.3. The monoisotopic (exact) mass is 472 g/mol. The number of aromatic nitrogens is 2. The Kier molecular flexibility index (Phi) is 7.06. The van der Waals surface area contributed by atoms with Gasteiger partial charge in [0.2, 0.25) is 11.8 Å². The predicted octanol–water partition coefficient (Wildman–Crippen LogP) is 6.15. The van der Waals surface area contributed by atoms with Gasteiger partial charge < -0.3 is 9.73 Å². The van der Waals surface area contributed by atoms with Crippen LogP contribution in [0.25, 0.3) is 0 Å². The number of benzene rings is 2. The summed E-state index contributed by atoms with van der Waals surface area (Å²) < 4.78 is 5.90. The minimum absolute atomic E-state index is 0.00286. The molecule has 1 saturated carbocycles. The van der Waals surface area contributed by atoms with Gasteiger partial charge in [-0.25, -0.2) is 0 Å². The first-order valence-corrected chi connectivity index (χ1v) is 11.6. The maximum absolute atomic E-state index is 13.2. The summed E-state index contributed by atoms with van der Waals surface area (Å²) in [5, 5.41) is 21.9. The lowest BCUT2D eigenvalue weighted by Crippen LogP contribution is -2.19. The predicted molar refractivity (Wildman–Crippen MR) is 122 cm³/mol. The molecule has 0 radical (unpaired) electrons. The number of carbonyl (C=O) groups excluding carboxylic acids is 1. The molecule has 8 nitrogen and oxygen atoms in total. The van der Waals surface area contributed by atoms with Crippen LogP contribution in [0.5, 0.6) is 0 Å². The lowest BCUT2D eigenvalue weighted by atomic mass is 9.89. The fourth-order valence-corrected chi connectivity index (χ4v) is 4.79. The second-order valence-corrected chi connectivity index (χ2v) is 9.03. The summed E-state index contributed by atoms with van der Waals surface area (Å²) in [6.07, 6.45) is 5.59. The molecular formula is C22H21ClN4O4S. The molecule has 32 heavy (non-hydrogen) atoms. The van der Waals surface area contributed by atoms with Crippen LogP contribution in [0.1, 0.15) is 54.7 Å². The van der Waals surface area contributed by atoms with Crippen molar-refractivity contribution in [1.29, 1.82) is 0 Å². The van der Waals surface area contributed by atoms with E-state index in [9.17, 15) is 14.9 Å². The van der Waals surface area contributed by atoms with Crippen LogP contribution in [0.15, 0.2) is 58.2 Å². The van der Waals surface area contributed by atoms with E-state index in [0.29, 0.717) is 11.1 Å². The smallest absolute Gasteiger partial charge is 0.289 e. The van der Waals surface area contributed by atoms with E-state index in [2.05, 4.69) is 15.5 Å². The quantitative estimate of drug-likeness (QED) is 0.249. The molecule has 1 heterocycles. The van der Waals surface area contributed by atoms with Crippen molar-refractivity contribution in [3.63, 3.8) is 0 Å². The van der Waals surface area contributed by atoms with E-state index < -0.39 is 10.2 Å². The van der Waals surface area contributed by atoms with Crippen LogP contribution in [0.2, 0.25) is 5.02 Å². The second-order valence-electron chi connectivity index (χ2n) is 7.56. The van der Waals surface area contributed by atoms with Crippen LogP contribution >= 0.6 is 23.4 Å². The Balaban J connectivity index is 1.55. The van der Waals surface area contributed by atoms with Crippen molar-refractivity contribution >= 4 is 40.6 Å². The van der Waals surface area contributed by atoms with E-state index in [0.717, 1.165) is 43.0 Å². The fraction of sp³-hybridized carbons (Fsp3) is 0.318. The Morgan fingerprint density at radius 3 is 2.62 bits per heavy atom. The summed E-state index contributed by atoms with van der Waals surface area (Å²) in [7, 11) is 0. The Bertz CT molecular complexity index is 1100. The molecule has 1 aromatic heterocycles. The van der Waals surface area contributed by atoms with Gasteiger partial charge in [0, 0.05) is 17.7 Å². The zero-order chi connectivity index (χ0) is 22.5. The van der Waals surface area contributed by atoms with Gasteiger partial charge in [-0.2, -0.15) is 0 Å². The molecular weight excluding hydrogens is 452 g/mol. The van der Waals surface area contributed by atoms with Gasteiger partial charge in [-0.15, -0.1) is 10.2 Å². The highest BCUT2D eigenvalue weighted by atomic mass is 35.5. The molecule has 166 valence electrons. The molecule has 4 rings (SSSR count). The van der Waals surface area contributed by atoms with Crippen LogP contribution < -0.4 is 5.32 Å². The molecule has 0 aliphatic heterocycles. The minimum Gasteiger partial charge on any atom is -0.416 e. The van der Waals surface area contributed by atoms with Gasteiger partial charge in [-0.3, -0.25) is 14.9 Å². The third-order valence-electron chi connectivity index (χ3n) is 5.35. The van der Waals surface area contributed by atoms with Crippen LogP contribution in [0.3, 0.4) is 0 Å². The fourth-order valence-electron chi connectivity index (χ4n) is 3.72. The molecule has 1 aliphatic rings. The maximum Gasteiger partial charge on any atom is 0.289 e. The number of nitrogens with zero attached hydrogens (tertiary/aromatic N) is 3.